The summed E-state index contributed by atoms with van der Waals surface area (Å²) in [6.45, 7) is 2.00. The molecule has 0 unspecified atom stereocenters. The van der Waals surface area contributed by atoms with Crippen LogP contribution in [0, 0.1) is 0 Å². The molecule has 98 valence electrons. The van der Waals surface area contributed by atoms with E-state index in [0.29, 0.717) is 5.69 Å². The average molecular weight is 259 g/mol. The minimum Gasteiger partial charge on any atom is -0.478 e. The molecule has 0 saturated heterocycles. The summed E-state index contributed by atoms with van der Waals surface area (Å²) in [5.74, 6) is -2.05. The first-order valence-electron chi connectivity index (χ1n) is 5.75. The minimum absolute atomic E-state index is 0.124. The quantitative estimate of drug-likeness (QED) is 0.862. The van der Waals surface area contributed by atoms with Gasteiger partial charge in [0.2, 0.25) is 0 Å². The van der Waals surface area contributed by atoms with E-state index in [1.165, 1.54) is 4.68 Å². The van der Waals surface area contributed by atoms with Crippen molar-refractivity contribution >= 4 is 11.9 Å². The van der Waals surface area contributed by atoms with Crippen LogP contribution in [-0.2, 0) is 6.42 Å². The number of hydrogen-bond acceptors (Lipinski definition) is 3. The topological polar surface area (TPSA) is 98.2 Å². The fourth-order valence-corrected chi connectivity index (χ4v) is 1.85. The van der Waals surface area contributed by atoms with Crippen molar-refractivity contribution in [2.24, 2.45) is 5.73 Å². The Balaban J connectivity index is 2.62. The smallest absolute Gasteiger partial charge is 0.339 e. The van der Waals surface area contributed by atoms with Crippen LogP contribution >= 0.6 is 0 Å². The first-order valence-corrected chi connectivity index (χ1v) is 5.75. The normalized spacial score (nSPS) is 10.4. The van der Waals surface area contributed by atoms with Crippen molar-refractivity contribution in [3.05, 3.63) is 47.3 Å². The van der Waals surface area contributed by atoms with Crippen molar-refractivity contribution in [2.75, 3.05) is 0 Å². The molecule has 1 heterocycles. The summed E-state index contributed by atoms with van der Waals surface area (Å²) in [4.78, 5) is 22.5. The molecule has 0 aliphatic heterocycles. The zero-order valence-corrected chi connectivity index (χ0v) is 10.3. The number of hydrogen-bond donors (Lipinski definition) is 2. The molecule has 0 saturated carbocycles. The van der Waals surface area contributed by atoms with Gasteiger partial charge in [-0.1, -0.05) is 19.1 Å². The molecule has 0 fully saturated rings. The molecule has 0 aliphatic carbocycles. The molecule has 0 atom stereocenters. The molecular formula is C13H13N3O3. The van der Waals surface area contributed by atoms with Crippen molar-refractivity contribution in [3.63, 3.8) is 0 Å². The fourth-order valence-electron chi connectivity index (χ4n) is 1.85. The first kappa shape index (κ1) is 12.8. The molecule has 19 heavy (non-hydrogen) atoms. The number of aromatic nitrogens is 2. The molecule has 0 radical (unpaired) electrons. The van der Waals surface area contributed by atoms with Crippen LogP contribution in [0.3, 0.4) is 0 Å². The van der Waals surface area contributed by atoms with Crippen LogP contribution in [0.1, 0.15) is 33.3 Å². The Kier molecular flexibility index (Phi) is 3.33. The van der Waals surface area contributed by atoms with Crippen molar-refractivity contribution in [3.8, 4) is 5.69 Å². The molecule has 6 nitrogen and oxygen atoms in total. The zero-order chi connectivity index (χ0) is 14.0. The summed E-state index contributed by atoms with van der Waals surface area (Å²) in [5.41, 5.74) is 6.59. The van der Waals surface area contributed by atoms with Gasteiger partial charge >= 0.3 is 5.97 Å². The van der Waals surface area contributed by atoms with Gasteiger partial charge in [0.1, 0.15) is 11.3 Å². The molecule has 0 spiro atoms. The van der Waals surface area contributed by atoms with Crippen molar-refractivity contribution in [1.29, 1.82) is 0 Å². The fraction of sp³-hybridized carbons (Fsp3) is 0.154. The maximum absolute atomic E-state index is 11.4. The highest BCUT2D eigenvalue weighted by molar-refractivity contribution is 6.03. The largest absolute Gasteiger partial charge is 0.478 e. The number of primary amides is 1. The van der Waals surface area contributed by atoms with Gasteiger partial charge < -0.3 is 10.8 Å². The number of nitrogens with two attached hydrogens (primary N) is 1. The van der Waals surface area contributed by atoms with E-state index in [9.17, 15) is 9.59 Å². The van der Waals surface area contributed by atoms with E-state index >= 15 is 0 Å². The highest BCUT2D eigenvalue weighted by atomic mass is 16.4. The summed E-state index contributed by atoms with van der Waals surface area (Å²) < 4.78 is 1.25. The van der Waals surface area contributed by atoms with Crippen LogP contribution < -0.4 is 5.73 Å². The second-order valence-electron chi connectivity index (χ2n) is 4.01. The Morgan fingerprint density at radius 2 is 2.16 bits per heavy atom. The number of carboxylic acid groups (broad SMARTS) is 1. The second-order valence-corrected chi connectivity index (χ2v) is 4.01. The number of carbonyl (C=O) groups is 2. The number of amides is 1. The summed E-state index contributed by atoms with van der Waals surface area (Å²) in [6.07, 6.45) is 1.95. The predicted octanol–water partition coefficient (Wildman–Crippen LogP) is 1.23. The minimum atomic E-state index is -1.23. The van der Waals surface area contributed by atoms with Gasteiger partial charge in [0, 0.05) is 0 Å². The van der Waals surface area contributed by atoms with Crippen LogP contribution in [0.25, 0.3) is 5.69 Å². The average Bonchev–Trinajstić information content (AvgIpc) is 2.83. The van der Waals surface area contributed by atoms with Crippen LogP contribution in [0.5, 0.6) is 0 Å². The third kappa shape index (κ3) is 2.33. The third-order valence-corrected chi connectivity index (χ3v) is 2.80. The van der Waals surface area contributed by atoms with Crippen molar-refractivity contribution < 1.29 is 14.7 Å². The third-order valence-electron chi connectivity index (χ3n) is 2.80. The van der Waals surface area contributed by atoms with Gasteiger partial charge in [-0.2, -0.15) is 5.10 Å². The molecule has 6 heteroatoms. The zero-order valence-electron chi connectivity index (χ0n) is 10.3. The maximum Gasteiger partial charge on any atom is 0.339 e. The SMILES string of the molecule is CCc1cccc(-n2ncc(C(=O)O)c2C(N)=O)c1. The van der Waals surface area contributed by atoms with Gasteiger partial charge in [-0.15, -0.1) is 0 Å². The van der Waals surface area contributed by atoms with Crippen LogP contribution in [0.15, 0.2) is 30.5 Å². The molecule has 1 aromatic heterocycles. The first-order chi connectivity index (χ1) is 9.04. The molecule has 3 N–H and O–H groups in total. The molecule has 2 rings (SSSR count). The van der Waals surface area contributed by atoms with Gasteiger partial charge in [0.05, 0.1) is 11.9 Å². The highest BCUT2D eigenvalue weighted by Gasteiger charge is 2.21. The lowest BCUT2D eigenvalue weighted by atomic mass is 10.1. The van der Waals surface area contributed by atoms with Gasteiger partial charge in [0.15, 0.2) is 0 Å². The van der Waals surface area contributed by atoms with Gasteiger partial charge in [-0.25, -0.2) is 9.48 Å². The maximum atomic E-state index is 11.4. The molecule has 2 aromatic rings. The van der Waals surface area contributed by atoms with Crippen LogP contribution in [0.4, 0.5) is 0 Å². The molecule has 0 bridgehead atoms. The lowest BCUT2D eigenvalue weighted by Gasteiger charge is -2.07. The highest BCUT2D eigenvalue weighted by Crippen LogP contribution is 2.16. The number of rotatable bonds is 4. The van der Waals surface area contributed by atoms with Crippen LogP contribution in [0.2, 0.25) is 0 Å². The summed E-state index contributed by atoms with van der Waals surface area (Å²) >= 11 is 0. The van der Waals surface area contributed by atoms with E-state index in [1.807, 2.05) is 25.1 Å². The summed E-state index contributed by atoms with van der Waals surface area (Å²) in [6, 6.07) is 7.34. The molecule has 1 aromatic carbocycles. The van der Waals surface area contributed by atoms with Gasteiger partial charge in [0.25, 0.3) is 5.91 Å². The molecular weight excluding hydrogens is 246 g/mol. The van der Waals surface area contributed by atoms with E-state index in [4.69, 9.17) is 10.8 Å². The Bertz CT molecular complexity index is 646. The lowest BCUT2D eigenvalue weighted by molar-refractivity contribution is 0.0692. The second kappa shape index (κ2) is 4.93. The molecule has 1 amide bonds. The Morgan fingerprint density at radius 1 is 1.42 bits per heavy atom. The monoisotopic (exact) mass is 259 g/mol. The summed E-state index contributed by atoms with van der Waals surface area (Å²) in [7, 11) is 0. The Morgan fingerprint density at radius 3 is 2.74 bits per heavy atom. The standard InChI is InChI=1S/C13H13N3O3/c1-2-8-4-3-5-9(6-8)16-11(12(14)17)10(7-15-16)13(18)19/h3-7H,2H2,1H3,(H2,14,17)(H,18,19). The van der Waals surface area contributed by atoms with E-state index < -0.39 is 11.9 Å². The number of nitrogens with zero attached hydrogens (tertiary/aromatic N) is 2. The Hall–Kier alpha value is -2.63. The van der Waals surface area contributed by atoms with E-state index in [-0.39, 0.29) is 11.3 Å². The number of carboxylic acids is 1. The summed E-state index contributed by atoms with van der Waals surface area (Å²) in [5, 5.41) is 13.0. The van der Waals surface area contributed by atoms with E-state index in [2.05, 4.69) is 5.10 Å². The van der Waals surface area contributed by atoms with Crippen molar-refractivity contribution in [1.82, 2.24) is 9.78 Å². The molecule has 0 aliphatic rings. The number of benzene rings is 1. The van der Waals surface area contributed by atoms with Gasteiger partial charge in [-0.05, 0) is 24.1 Å². The predicted molar refractivity (Wildman–Crippen MR) is 68.4 cm³/mol. The van der Waals surface area contributed by atoms with E-state index in [0.717, 1.165) is 18.2 Å². The number of aromatic carboxylic acids is 1. The van der Waals surface area contributed by atoms with Gasteiger partial charge in [-0.3, -0.25) is 4.79 Å². The number of aryl methyl sites for hydroxylation is 1. The number of carbonyl (C=O) groups excluding carboxylic acids is 1. The van der Waals surface area contributed by atoms with E-state index in [1.54, 1.807) is 6.07 Å². The Labute approximate surface area is 109 Å². The van der Waals surface area contributed by atoms with Crippen LogP contribution in [-0.4, -0.2) is 26.8 Å². The lowest BCUT2D eigenvalue weighted by Crippen LogP contribution is -2.20. The van der Waals surface area contributed by atoms with Crippen molar-refractivity contribution in [2.45, 2.75) is 13.3 Å².